The Labute approximate surface area is 176 Å². The van der Waals surface area contributed by atoms with Crippen molar-refractivity contribution in [1.29, 1.82) is 0 Å². The van der Waals surface area contributed by atoms with Crippen molar-refractivity contribution >= 4 is 22.5 Å². The summed E-state index contributed by atoms with van der Waals surface area (Å²) >= 11 is 0. The van der Waals surface area contributed by atoms with Crippen LogP contribution in [0.15, 0.2) is 48.7 Å². The number of nitrogens with one attached hydrogen (secondary N) is 2. The second-order valence-corrected chi connectivity index (χ2v) is 8.08. The number of amides is 1. The first kappa shape index (κ1) is 21.6. The van der Waals surface area contributed by atoms with E-state index in [-0.39, 0.29) is 23.9 Å². The molecular weight excluding hydrogens is 378 g/mol. The van der Waals surface area contributed by atoms with Crippen LogP contribution in [0.5, 0.6) is 0 Å². The highest BCUT2D eigenvalue weighted by molar-refractivity contribution is 5.88. The molecule has 3 aromatic rings. The summed E-state index contributed by atoms with van der Waals surface area (Å²) < 4.78 is 0. The number of para-hydroxylation sites is 1. The third-order valence-electron chi connectivity index (χ3n) is 5.51. The molecule has 1 heterocycles. The van der Waals surface area contributed by atoms with E-state index in [1.54, 1.807) is 12.1 Å². The molecule has 0 bridgehead atoms. The van der Waals surface area contributed by atoms with Gasteiger partial charge < -0.3 is 10.3 Å². The number of carbonyl (C=O) groups excluding carboxylic acids is 1. The predicted octanol–water partition coefficient (Wildman–Crippen LogP) is 5.32. The van der Waals surface area contributed by atoms with E-state index in [9.17, 15) is 14.9 Å². The van der Waals surface area contributed by atoms with E-state index in [0.717, 1.165) is 34.9 Å². The smallest absolute Gasteiger partial charge is 0.269 e. The van der Waals surface area contributed by atoms with Crippen LogP contribution in [0.1, 0.15) is 56.2 Å². The lowest BCUT2D eigenvalue weighted by Crippen LogP contribution is -2.27. The number of carbonyl (C=O) groups is 1. The van der Waals surface area contributed by atoms with Gasteiger partial charge >= 0.3 is 0 Å². The summed E-state index contributed by atoms with van der Waals surface area (Å²) in [5.74, 6) is 0.192. The highest BCUT2D eigenvalue weighted by atomic mass is 16.6. The van der Waals surface area contributed by atoms with Gasteiger partial charge in [0, 0.05) is 48.1 Å². The quantitative estimate of drug-likeness (QED) is 0.371. The molecule has 0 aliphatic carbocycles. The maximum atomic E-state index is 12.7. The monoisotopic (exact) mass is 407 g/mol. The van der Waals surface area contributed by atoms with Crippen molar-refractivity contribution in [3.05, 3.63) is 75.5 Å². The van der Waals surface area contributed by atoms with Crippen molar-refractivity contribution in [3.8, 4) is 0 Å². The van der Waals surface area contributed by atoms with Gasteiger partial charge in [-0.2, -0.15) is 0 Å². The number of aromatic amines is 1. The molecule has 0 aliphatic heterocycles. The van der Waals surface area contributed by atoms with Gasteiger partial charge in [-0.15, -0.1) is 0 Å². The first-order valence-corrected chi connectivity index (χ1v) is 10.5. The summed E-state index contributed by atoms with van der Waals surface area (Å²) in [6.45, 7) is 6.98. The maximum absolute atomic E-state index is 12.7. The van der Waals surface area contributed by atoms with Gasteiger partial charge in [0.05, 0.1) is 4.92 Å². The summed E-state index contributed by atoms with van der Waals surface area (Å²) in [7, 11) is 0. The maximum Gasteiger partial charge on any atom is 0.269 e. The third kappa shape index (κ3) is 4.87. The van der Waals surface area contributed by atoms with E-state index < -0.39 is 4.92 Å². The normalized spacial score (nSPS) is 12.3. The third-order valence-corrected chi connectivity index (χ3v) is 5.51. The summed E-state index contributed by atoms with van der Waals surface area (Å²) in [6, 6.07) is 12.8. The average Bonchev–Trinajstić information content (AvgIpc) is 3.15. The van der Waals surface area contributed by atoms with Crippen LogP contribution in [-0.2, 0) is 11.2 Å². The first-order chi connectivity index (χ1) is 14.4. The summed E-state index contributed by atoms with van der Waals surface area (Å²) in [5.41, 5.74) is 4.06. The van der Waals surface area contributed by atoms with Crippen LogP contribution in [0.25, 0.3) is 10.9 Å². The SMILES string of the molecule is CCc1cccc2c([C@H](CC(=O)NCCC(C)C)c3cccc([N+](=O)[O-])c3)c[nH]c12. The number of nitro benzene ring substituents is 1. The molecule has 1 atom stereocenters. The summed E-state index contributed by atoms with van der Waals surface area (Å²) in [5, 5.41) is 15.4. The van der Waals surface area contributed by atoms with Crippen molar-refractivity contribution in [2.24, 2.45) is 5.92 Å². The van der Waals surface area contributed by atoms with Crippen LogP contribution < -0.4 is 5.32 Å². The summed E-state index contributed by atoms with van der Waals surface area (Å²) in [4.78, 5) is 27.0. The minimum Gasteiger partial charge on any atom is -0.361 e. The lowest BCUT2D eigenvalue weighted by atomic mass is 9.87. The van der Waals surface area contributed by atoms with E-state index in [1.807, 2.05) is 24.4 Å². The van der Waals surface area contributed by atoms with Crippen molar-refractivity contribution in [2.45, 2.75) is 46.0 Å². The number of H-pyrrole nitrogens is 1. The lowest BCUT2D eigenvalue weighted by Gasteiger charge is -2.17. The molecule has 0 aliphatic rings. The Bertz CT molecular complexity index is 1040. The average molecular weight is 408 g/mol. The van der Waals surface area contributed by atoms with Gasteiger partial charge in [-0.25, -0.2) is 0 Å². The Morgan fingerprint density at radius 3 is 2.67 bits per heavy atom. The van der Waals surface area contributed by atoms with E-state index in [4.69, 9.17) is 0 Å². The number of nitrogens with zero attached hydrogens (tertiary/aromatic N) is 1. The zero-order valence-corrected chi connectivity index (χ0v) is 17.8. The number of nitro groups is 1. The number of benzene rings is 2. The van der Waals surface area contributed by atoms with Crippen LogP contribution >= 0.6 is 0 Å². The molecule has 1 amide bonds. The highest BCUT2D eigenvalue weighted by Crippen LogP contribution is 2.35. The molecule has 1 aromatic heterocycles. The Hall–Kier alpha value is -3.15. The van der Waals surface area contributed by atoms with E-state index in [2.05, 4.69) is 37.1 Å². The minimum absolute atomic E-state index is 0.0341. The fourth-order valence-electron chi connectivity index (χ4n) is 3.84. The number of hydrogen-bond acceptors (Lipinski definition) is 3. The molecule has 6 heteroatoms. The van der Waals surface area contributed by atoms with Gasteiger partial charge in [-0.1, -0.05) is 51.1 Å². The van der Waals surface area contributed by atoms with Crippen molar-refractivity contribution in [3.63, 3.8) is 0 Å². The van der Waals surface area contributed by atoms with Crippen LogP contribution in [0.4, 0.5) is 5.69 Å². The molecule has 0 saturated heterocycles. The molecule has 3 rings (SSSR count). The molecule has 0 unspecified atom stereocenters. The molecule has 0 radical (unpaired) electrons. The van der Waals surface area contributed by atoms with Crippen molar-refractivity contribution in [1.82, 2.24) is 10.3 Å². The van der Waals surface area contributed by atoms with Gasteiger partial charge in [0.2, 0.25) is 5.91 Å². The van der Waals surface area contributed by atoms with Crippen LogP contribution in [0.2, 0.25) is 0 Å². The Morgan fingerprint density at radius 2 is 1.97 bits per heavy atom. The number of aryl methyl sites for hydroxylation is 1. The second-order valence-electron chi connectivity index (χ2n) is 8.08. The van der Waals surface area contributed by atoms with Gasteiger partial charge in [-0.3, -0.25) is 14.9 Å². The predicted molar refractivity (Wildman–Crippen MR) is 120 cm³/mol. The van der Waals surface area contributed by atoms with E-state index in [0.29, 0.717) is 12.5 Å². The first-order valence-electron chi connectivity index (χ1n) is 10.5. The zero-order valence-electron chi connectivity index (χ0n) is 17.8. The topological polar surface area (TPSA) is 88.0 Å². The zero-order chi connectivity index (χ0) is 21.7. The number of non-ortho nitro benzene ring substituents is 1. The number of rotatable bonds is 9. The van der Waals surface area contributed by atoms with Crippen LogP contribution in [-0.4, -0.2) is 22.4 Å². The molecule has 6 nitrogen and oxygen atoms in total. The Kier molecular flexibility index (Phi) is 6.87. The van der Waals surface area contributed by atoms with Gasteiger partial charge in [0.15, 0.2) is 0 Å². The fourth-order valence-corrected chi connectivity index (χ4v) is 3.84. The van der Waals surface area contributed by atoms with Crippen molar-refractivity contribution in [2.75, 3.05) is 6.54 Å². The highest BCUT2D eigenvalue weighted by Gasteiger charge is 2.23. The fraction of sp³-hybridized carbons (Fsp3) is 0.375. The molecule has 30 heavy (non-hydrogen) atoms. The van der Waals surface area contributed by atoms with Gasteiger partial charge in [0.1, 0.15) is 0 Å². The second kappa shape index (κ2) is 9.57. The molecule has 0 spiro atoms. The van der Waals surface area contributed by atoms with Gasteiger partial charge in [0.25, 0.3) is 5.69 Å². The molecule has 0 fully saturated rings. The Balaban J connectivity index is 1.99. The largest absolute Gasteiger partial charge is 0.361 e. The number of aromatic nitrogens is 1. The Morgan fingerprint density at radius 1 is 1.20 bits per heavy atom. The van der Waals surface area contributed by atoms with E-state index in [1.165, 1.54) is 11.6 Å². The molecule has 0 saturated carbocycles. The molecule has 2 N–H and O–H groups in total. The van der Waals surface area contributed by atoms with E-state index >= 15 is 0 Å². The summed E-state index contributed by atoms with van der Waals surface area (Å²) in [6.07, 6.45) is 3.99. The van der Waals surface area contributed by atoms with Crippen molar-refractivity contribution < 1.29 is 9.72 Å². The van der Waals surface area contributed by atoms with Crippen LogP contribution in [0, 0.1) is 16.0 Å². The van der Waals surface area contributed by atoms with Crippen LogP contribution in [0.3, 0.4) is 0 Å². The number of fused-ring (bicyclic) bond motifs is 1. The lowest BCUT2D eigenvalue weighted by molar-refractivity contribution is -0.384. The molecule has 2 aromatic carbocycles. The molecule has 158 valence electrons. The van der Waals surface area contributed by atoms with Gasteiger partial charge in [-0.05, 0) is 35.4 Å². The number of hydrogen-bond donors (Lipinski definition) is 2. The minimum atomic E-state index is -0.395. The molecular formula is C24H29N3O3. The standard InChI is InChI=1S/C24H29N3O3/c1-4-17-7-6-10-20-22(15-26-24(17)20)21(14-23(28)25-12-11-16(2)3)18-8-5-9-19(13-18)27(29)30/h5-10,13,15-16,21,26H,4,11-12,14H2,1-3H3,(H,25,28)/t21-/m1/s1.